The van der Waals surface area contributed by atoms with Gasteiger partial charge in [0.25, 0.3) is 5.91 Å². The van der Waals surface area contributed by atoms with Gasteiger partial charge in [0.15, 0.2) is 0 Å². The van der Waals surface area contributed by atoms with Gasteiger partial charge in [-0.1, -0.05) is 43.7 Å². The molecule has 0 aliphatic carbocycles. The van der Waals surface area contributed by atoms with E-state index in [1.165, 1.54) is 11.1 Å². The molecule has 0 bridgehead atoms. The van der Waals surface area contributed by atoms with Crippen LogP contribution in [0.2, 0.25) is 0 Å². The Balaban J connectivity index is 1.59. The molecule has 2 aromatic rings. The molecule has 122 valence electrons. The number of hydrogen-bond acceptors (Lipinski definition) is 2. The first-order chi connectivity index (χ1) is 10.9. The van der Waals surface area contributed by atoms with E-state index in [2.05, 4.69) is 50.1 Å². The predicted octanol–water partition coefficient (Wildman–Crippen LogP) is 3.17. The monoisotopic (exact) mass is 311 g/mol. The fraction of sp³-hybridized carbons (Fsp3) is 0.474. The van der Waals surface area contributed by atoms with Crippen LogP contribution in [0.5, 0.6) is 0 Å². The minimum atomic E-state index is 0.104. The van der Waals surface area contributed by atoms with E-state index >= 15 is 0 Å². The lowest BCUT2D eigenvalue weighted by molar-refractivity contribution is 0.0490. The van der Waals surface area contributed by atoms with Gasteiger partial charge in [-0.3, -0.25) is 9.48 Å². The summed E-state index contributed by atoms with van der Waals surface area (Å²) in [6, 6.07) is 10.6. The average molecular weight is 311 g/mol. The van der Waals surface area contributed by atoms with Crippen LogP contribution in [0.4, 0.5) is 0 Å². The Morgan fingerprint density at radius 1 is 1.30 bits per heavy atom. The van der Waals surface area contributed by atoms with E-state index in [1.54, 1.807) is 4.68 Å². The summed E-state index contributed by atoms with van der Waals surface area (Å²) in [5, 5.41) is 4.44. The van der Waals surface area contributed by atoms with Gasteiger partial charge in [0.2, 0.25) is 0 Å². The van der Waals surface area contributed by atoms with Crippen LogP contribution in [0.15, 0.2) is 30.3 Å². The van der Waals surface area contributed by atoms with Gasteiger partial charge in [0.1, 0.15) is 5.69 Å². The topological polar surface area (TPSA) is 38.1 Å². The second-order valence-corrected chi connectivity index (χ2v) is 7.00. The molecule has 0 radical (unpaired) electrons. The molecular formula is C19H25N3O. The standard InChI is InChI=1S/C19H25N3O/c1-13(2)17-10-18(21(4)20-17)19(23)22-11-16(12-22)9-15-7-5-6-14(3)8-15/h5-8,10,13,16H,9,11-12H2,1-4H3. The molecule has 1 saturated heterocycles. The number of amides is 1. The van der Waals surface area contributed by atoms with E-state index in [1.807, 2.05) is 18.0 Å². The van der Waals surface area contributed by atoms with Crippen LogP contribution in [0.1, 0.15) is 47.1 Å². The molecule has 1 aliphatic heterocycles. The molecule has 0 atom stereocenters. The quantitative estimate of drug-likeness (QED) is 0.870. The zero-order chi connectivity index (χ0) is 16.6. The Labute approximate surface area is 138 Å². The number of carbonyl (C=O) groups excluding carboxylic acids is 1. The van der Waals surface area contributed by atoms with Crippen molar-refractivity contribution in [3.63, 3.8) is 0 Å². The zero-order valence-electron chi connectivity index (χ0n) is 14.4. The van der Waals surface area contributed by atoms with E-state index in [0.29, 0.717) is 17.5 Å². The van der Waals surface area contributed by atoms with Gasteiger partial charge < -0.3 is 4.90 Å². The third-order valence-corrected chi connectivity index (χ3v) is 4.56. The third-order valence-electron chi connectivity index (χ3n) is 4.56. The van der Waals surface area contributed by atoms with Crippen molar-refractivity contribution in [3.8, 4) is 0 Å². The van der Waals surface area contributed by atoms with E-state index in [0.717, 1.165) is 25.2 Å². The second kappa shape index (κ2) is 6.19. The molecule has 4 nitrogen and oxygen atoms in total. The first kappa shape index (κ1) is 15.8. The Morgan fingerprint density at radius 2 is 2.04 bits per heavy atom. The SMILES string of the molecule is Cc1cccc(CC2CN(C(=O)c3cc(C(C)C)nn3C)C2)c1. The minimum Gasteiger partial charge on any atom is -0.337 e. The van der Waals surface area contributed by atoms with Crippen molar-refractivity contribution in [2.45, 2.75) is 33.1 Å². The molecule has 0 spiro atoms. The average Bonchev–Trinajstić information content (AvgIpc) is 2.84. The number of carbonyl (C=O) groups is 1. The Hall–Kier alpha value is -2.10. The van der Waals surface area contributed by atoms with E-state index in [4.69, 9.17) is 0 Å². The van der Waals surface area contributed by atoms with Gasteiger partial charge in [-0.05, 0) is 36.8 Å². The zero-order valence-corrected chi connectivity index (χ0v) is 14.4. The number of rotatable bonds is 4. The Morgan fingerprint density at radius 3 is 2.65 bits per heavy atom. The van der Waals surface area contributed by atoms with E-state index in [9.17, 15) is 4.79 Å². The van der Waals surface area contributed by atoms with Crippen molar-refractivity contribution in [1.82, 2.24) is 14.7 Å². The number of likely N-dealkylation sites (tertiary alicyclic amines) is 1. The molecule has 1 aromatic heterocycles. The van der Waals surface area contributed by atoms with Crippen molar-refractivity contribution >= 4 is 5.91 Å². The van der Waals surface area contributed by atoms with Crippen LogP contribution in [0, 0.1) is 12.8 Å². The van der Waals surface area contributed by atoms with Crippen LogP contribution >= 0.6 is 0 Å². The highest BCUT2D eigenvalue weighted by atomic mass is 16.2. The molecule has 0 saturated carbocycles. The smallest absolute Gasteiger partial charge is 0.272 e. The minimum absolute atomic E-state index is 0.104. The van der Waals surface area contributed by atoms with Gasteiger partial charge >= 0.3 is 0 Å². The van der Waals surface area contributed by atoms with Crippen LogP contribution in [-0.2, 0) is 13.5 Å². The molecule has 1 fully saturated rings. The van der Waals surface area contributed by atoms with E-state index in [-0.39, 0.29) is 5.91 Å². The normalized spacial score (nSPS) is 15.1. The molecule has 0 N–H and O–H groups in total. The maximum Gasteiger partial charge on any atom is 0.272 e. The van der Waals surface area contributed by atoms with Crippen molar-refractivity contribution in [2.24, 2.45) is 13.0 Å². The van der Waals surface area contributed by atoms with Gasteiger partial charge in [-0.2, -0.15) is 5.10 Å². The summed E-state index contributed by atoms with van der Waals surface area (Å²) in [7, 11) is 1.85. The van der Waals surface area contributed by atoms with Crippen molar-refractivity contribution in [3.05, 3.63) is 52.8 Å². The van der Waals surface area contributed by atoms with Crippen LogP contribution < -0.4 is 0 Å². The molecule has 23 heavy (non-hydrogen) atoms. The molecular weight excluding hydrogens is 286 g/mol. The number of aryl methyl sites for hydroxylation is 2. The molecule has 2 heterocycles. The second-order valence-electron chi connectivity index (χ2n) is 7.00. The molecule has 0 unspecified atom stereocenters. The first-order valence-corrected chi connectivity index (χ1v) is 8.33. The molecule has 1 aromatic carbocycles. The lowest BCUT2D eigenvalue weighted by Gasteiger charge is -2.39. The summed E-state index contributed by atoms with van der Waals surface area (Å²) in [4.78, 5) is 14.5. The third kappa shape index (κ3) is 3.31. The fourth-order valence-corrected chi connectivity index (χ4v) is 3.17. The highest BCUT2D eigenvalue weighted by Gasteiger charge is 2.32. The summed E-state index contributed by atoms with van der Waals surface area (Å²) in [5.74, 6) is 1.01. The van der Waals surface area contributed by atoms with E-state index < -0.39 is 0 Å². The van der Waals surface area contributed by atoms with Crippen LogP contribution in [-0.4, -0.2) is 33.7 Å². The summed E-state index contributed by atoms with van der Waals surface area (Å²) < 4.78 is 1.71. The van der Waals surface area contributed by atoms with Gasteiger partial charge in [0.05, 0.1) is 5.69 Å². The highest BCUT2D eigenvalue weighted by Crippen LogP contribution is 2.24. The summed E-state index contributed by atoms with van der Waals surface area (Å²) in [6.07, 6.45) is 1.05. The lowest BCUT2D eigenvalue weighted by Crippen LogP contribution is -2.51. The highest BCUT2D eigenvalue weighted by molar-refractivity contribution is 5.93. The van der Waals surface area contributed by atoms with Crippen molar-refractivity contribution < 1.29 is 4.79 Å². The van der Waals surface area contributed by atoms with Crippen LogP contribution in [0.3, 0.4) is 0 Å². The first-order valence-electron chi connectivity index (χ1n) is 8.33. The van der Waals surface area contributed by atoms with Crippen molar-refractivity contribution in [1.29, 1.82) is 0 Å². The maximum absolute atomic E-state index is 12.6. The summed E-state index contributed by atoms with van der Waals surface area (Å²) in [5.41, 5.74) is 4.34. The lowest BCUT2D eigenvalue weighted by atomic mass is 9.91. The Bertz CT molecular complexity index is 711. The Kier molecular flexibility index (Phi) is 4.24. The summed E-state index contributed by atoms with van der Waals surface area (Å²) >= 11 is 0. The van der Waals surface area contributed by atoms with Gasteiger partial charge in [0, 0.05) is 20.1 Å². The van der Waals surface area contributed by atoms with Gasteiger partial charge in [-0.15, -0.1) is 0 Å². The van der Waals surface area contributed by atoms with Crippen LogP contribution in [0.25, 0.3) is 0 Å². The molecule has 3 rings (SSSR count). The fourth-order valence-electron chi connectivity index (χ4n) is 3.17. The number of benzene rings is 1. The number of hydrogen-bond donors (Lipinski definition) is 0. The summed E-state index contributed by atoms with van der Waals surface area (Å²) in [6.45, 7) is 7.99. The van der Waals surface area contributed by atoms with Gasteiger partial charge in [-0.25, -0.2) is 0 Å². The number of aromatic nitrogens is 2. The molecule has 4 heteroatoms. The molecule has 1 amide bonds. The number of nitrogens with zero attached hydrogens (tertiary/aromatic N) is 3. The maximum atomic E-state index is 12.6. The largest absolute Gasteiger partial charge is 0.337 e. The molecule has 1 aliphatic rings. The predicted molar refractivity (Wildman–Crippen MR) is 91.6 cm³/mol. The van der Waals surface area contributed by atoms with Crippen molar-refractivity contribution in [2.75, 3.05) is 13.1 Å².